The van der Waals surface area contributed by atoms with Gasteiger partial charge in [0.2, 0.25) is 0 Å². The standard InChI is InChI=1S/C18H18ClN3O2/c1-3-14-16(22-10-6-9-15(24-2)17(22)21-14)18(23)20-11-12-7-4-5-8-13(12)19/h4-10H,3,11H2,1-2H3,(H,20,23). The lowest BCUT2D eigenvalue weighted by Gasteiger charge is -2.08. The summed E-state index contributed by atoms with van der Waals surface area (Å²) in [6.07, 6.45) is 2.47. The Labute approximate surface area is 145 Å². The number of imidazole rings is 1. The van der Waals surface area contributed by atoms with E-state index < -0.39 is 0 Å². The van der Waals surface area contributed by atoms with Gasteiger partial charge >= 0.3 is 0 Å². The fourth-order valence-corrected chi connectivity index (χ4v) is 2.84. The zero-order valence-electron chi connectivity index (χ0n) is 13.5. The Kier molecular flexibility index (Phi) is 4.71. The molecule has 0 atom stereocenters. The highest BCUT2D eigenvalue weighted by atomic mass is 35.5. The number of carbonyl (C=O) groups excluding carboxylic acids is 1. The van der Waals surface area contributed by atoms with E-state index in [0.717, 1.165) is 11.3 Å². The monoisotopic (exact) mass is 343 g/mol. The van der Waals surface area contributed by atoms with Crippen LogP contribution in [0.3, 0.4) is 0 Å². The van der Waals surface area contributed by atoms with Gasteiger partial charge in [0.05, 0.1) is 12.8 Å². The number of benzene rings is 1. The molecule has 3 aromatic rings. The first kappa shape index (κ1) is 16.3. The normalized spacial score (nSPS) is 10.8. The minimum absolute atomic E-state index is 0.187. The number of hydrogen-bond acceptors (Lipinski definition) is 3. The number of amides is 1. The van der Waals surface area contributed by atoms with Crippen molar-refractivity contribution in [3.05, 3.63) is 64.6 Å². The quantitative estimate of drug-likeness (QED) is 0.771. The van der Waals surface area contributed by atoms with Crippen molar-refractivity contribution in [2.24, 2.45) is 0 Å². The van der Waals surface area contributed by atoms with Crippen molar-refractivity contribution in [2.75, 3.05) is 7.11 Å². The van der Waals surface area contributed by atoms with Gasteiger partial charge in [0.1, 0.15) is 5.69 Å². The maximum Gasteiger partial charge on any atom is 0.270 e. The number of carbonyl (C=O) groups is 1. The van der Waals surface area contributed by atoms with Gasteiger partial charge in [0.25, 0.3) is 5.91 Å². The molecule has 0 aliphatic rings. The number of fused-ring (bicyclic) bond motifs is 1. The first-order valence-corrected chi connectivity index (χ1v) is 8.09. The average molecular weight is 344 g/mol. The van der Waals surface area contributed by atoms with Crippen LogP contribution < -0.4 is 10.1 Å². The van der Waals surface area contributed by atoms with Crippen LogP contribution in [0.4, 0.5) is 0 Å². The summed E-state index contributed by atoms with van der Waals surface area (Å²) in [5.74, 6) is 0.449. The van der Waals surface area contributed by atoms with Crippen molar-refractivity contribution in [2.45, 2.75) is 19.9 Å². The average Bonchev–Trinajstić information content (AvgIpc) is 2.99. The Balaban J connectivity index is 1.93. The predicted octanol–water partition coefficient (Wildman–Crippen LogP) is 3.49. The highest BCUT2D eigenvalue weighted by Crippen LogP contribution is 2.22. The Bertz CT molecular complexity index is 889. The van der Waals surface area contributed by atoms with Crippen LogP contribution in [0.5, 0.6) is 5.75 Å². The van der Waals surface area contributed by atoms with E-state index in [1.165, 1.54) is 0 Å². The van der Waals surface area contributed by atoms with Gasteiger partial charge in [0.15, 0.2) is 11.4 Å². The molecule has 0 spiro atoms. The van der Waals surface area contributed by atoms with E-state index in [4.69, 9.17) is 16.3 Å². The molecule has 0 aliphatic heterocycles. The number of ether oxygens (including phenoxy) is 1. The van der Waals surface area contributed by atoms with E-state index in [0.29, 0.717) is 35.1 Å². The van der Waals surface area contributed by atoms with Crippen molar-refractivity contribution in [1.29, 1.82) is 0 Å². The maximum atomic E-state index is 12.7. The van der Waals surface area contributed by atoms with Crippen molar-refractivity contribution in [3.63, 3.8) is 0 Å². The molecule has 24 heavy (non-hydrogen) atoms. The van der Waals surface area contributed by atoms with Crippen molar-refractivity contribution < 1.29 is 9.53 Å². The largest absolute Gasteiger partial charge is 0.493 e. The van der Waals surface area contributed by atoms with E-state index in [2.05, 4.69) is 10.3 Å². The zero-order chi connectivity index (χ0) is 17.1. The summed E-state index contributed by atoms with van der Waals surface area (Å²) in [6, 6.07) is 11.1. The molecule has 1 amide bonds. The third kappa shape index (κ3) is 2.95. The van der Waals surface area contributed by atoms with Crippen LogP contribution in [0, 0.1) is 0 Å². The van der Waals surface area contributed by atoms with Crippen molar-refractivity contribution in [3.8, 4) is 5.75 Å². The topological polar surface area (TPSA) is 55.6 Å². The molecule has 0 saturated carbocycles. The van der Waals surface area contributed by atoms with Gasteiger partial charge in [-0.15, -0.1) is 0 Å². The lowest BCUT2D eigenvalue weighted by atomic mass is 10.2. The number of nitrogens with zero attached hydrogens (tertiary/aromatic N) is 2. The van der Waals surface area contributed by atoms with E-state index >= 15 is 0 Å². The Morgan fingerprint density at radius 2 is 2.08 bits per heavy atom. The summed E-state index contributed by atoms with van der Waals surface area (Å²) in [5.41, 5.74) is 2.77. The fourth-order valence-electron chi connectivity index (χ4n) is 2.64. The minimum atomic E-state index is -0.187. The third-order valence-corrected chi connectivity index (χ3v) is 4.22. The number of rotatable bonds is 5. The second kappa shape index (κ2) is 6.93. The predicted molar refractivity (Wildman–Crippen MR) is 93.7 cm³/mol. The van der Waals surface area contributed by atoms with E-state index in [1.807, 2.05) is 43.5 Å². The molecule has 0 saturated heterocycles. The molecule has 0 fully saturated rings. The van der Waals surface area contributed by atoms with Gasteiger partial charge in [0, 0.05) is 17.8 Å². The van der Waals surface area contributed by atoms with Gasteiger partial charge in [-0.05, 0) is 30.2 Å². The first-order valence-electron chi connectivity index (χ1n) is 7.71. The van der Waals surface area contributed by atoms with Gasteiger partial charge in [-0.3, -0.25) is 9.20 Å². The smallest absolute Gasteiger partial charge is 0.270 e. The molecule has 1 N–H and O–H groups in total. The molecule has 0 aliphatic carbocycles. The molecule has 2 aromatic heterocycles. The molecule has 3 rings (SSSR count). The van der Waals surface area contributed by atoms with Crippen LogP contribution >= 0.6 is 11.6 Å². The Morgan fingerprint density at radius 3 is 2.79 bits per heavy atom. The number of aromatic nitrogens is 2. The summed E-state index contributed by atoms with van der Waals surface area (Å²) in [4.78, 5) is 17.3. The summed E-state index contributed by atoms with van der Waals surface area (Å²) < 4.78 is 7.10. The summed E-state index contributed by atoms with van der Waals surface area (Å²) in [5, 5.41) is 3.55. The SMILES string of the molecule is CCc1nc2c(OC)cccn2c1C(=O)NCc1ccccc1Cl. The van der Waals surface area contributed by atoms with Gasteiger partial charge in [-0.2, -0.15) is 0 Å². The first-order chi connectivity index (χ1) is 11.7. The van der Waals surface area contributed by atoms with Crippen molar-refractivity contribution >= 4 is 23.2 Å². The van der Waals surface area contributed by atoms with Gasteiger partial charge in [-0.25, -0.2) is 4.98 Å². The third-order valence-electron chi connectivity index (χ3n) is 3.85. The van der Waals surface area contributed by atoms with Crippen LogP contribution in [-0.2, 0) is 13.0 Å². The number of aryl methyl sites for hydroxylation is 1. The minimum Gasteiger partial charge on any atom is -0.493 e. The number of halogens is 1. The number of nitrogens with one attached hydrogen (secondary N) is 1. The maximum absolute atomic E-state index is 12.7. The molecular formula is C18H18ClN3O2. The molecule has 124 valence electrons. The molecule has 6 heteroatoms. The van der Waals surface area contributed by atoms with E-state index in [-0.39, 0.29) is 5.91 Å². The molecule has 0 unspecified atom stereocenters. The summed E-state index contributed by atoms with van der Waals surface area (Å²) >= 11 is 6.14. The Morgan fingerprint density at radius 1 is 1.29 bits per heavy atom. The van der Waals surface area contributed by atoms with Crippen LogP contribution in [0.25, 0.3) is 5.65 Å². The van der Waals surface area contributed by atoms with Crippen LogP contribution in [0.1, 0.15) is 28.7 Å². The molecular weight excluding hydrogens is 326 g/mol. The number of hydrogen-bond donors (Lipinski definition) is 1. The second-order valence-corrected chi connectivity index (χ2v) is 5.71. The van der Waals surface area contributed by atoms with Gasteiger partial charge < -0.3 is 10.1 Å². The van der Waals surface area contributed by atoms with E-state index in [9.17, 15) is 4.79 Å². The van der Waals surface area contributed by atoms with Crippen LogP contribution in [0.2, 0.25) is 5.02 Å². The molecule has 1 aromatic carbocycles. The fraction of sp³-hybridized carbons (Fsp3) is 0.222. The Hall–Kier alpha value is -2.53. The molecule has 0 radical (unpaired) electrons. The number of pyridine rings is 1. The van der Waals surface area contributed by atoms with E-state index in [1.54, 1.807) is 17.6 Å². The lowest BCUT2D eigenvalue weighted by molar-refractivity contribution is 0.0944. The molecule has 5 nitrogen and oxygen atoms in total. The molecule has 2 heterocycles. The van der Waals surface area contributed by atoms with Crippen molar-refractivity contribution in [1.82, 2.24) is 14.7 Å². The van der Waals surface area contributed by atoms with Crippen LogP contribution in [-0.4, -0.2) is 22.4 Å². The summed E-state index contributed by atoms with van der Waals surface area (Å²) in [6.45, 7) is 2.33. The lowest BCUT2D eigenvalue weighted by Crippen LogP contribution is -2.25. The highest BCUT2D eigenvalue weighted by Gasteiger charge is 2.20. The van der Waals surface area contributed by atoms with Gasteiger partial charge in [-0.1, -0.05) is 36.7 Å². The van der Waals surface area contributed by atoms with Crippen LogP contribution in [0.15, 0.2) is 42.6 Å². The molecule has 0 bridgehead atoms. The summed E-state index contributed by atoms with van der Waals surface area (Å²) in [7, 11) is 1.59. The second-order valence-electron chi connectivity index (χ2n) is 5.30. The highest BCUT2D eigenvalue weighted by molar-refractivity contribution is 6.31. The zero-order valence-corrected chi connectivity index (χ0v) is 14.3. The number of methoxy groups -OCH3 is 1.